The maximum absolute atomic E-state index is 12.6. The van der Waals surface area contributed by atoms with E-state index in [1.807, 2.05) is 0 Å². The van der Waals surface area contributed by atoms with E-state index in [0.29, 0.717) is 5.69 Å². The number of carbonyl (C=O) groups is 3. The second kappa shape index (κ2) is 13.2. The molecule has 0 aromatic heterocycles. The van der Waals surface area contributed by atoms with Crippen LogP contribution in [-0.4, -0.2) is 42.2 Å². The van der Waals surface area contributed by atoms with Gasteiger partial charge in [0.15, 0.2) is 0 Å². The molecule has 0 fully saturated rings. The van der Waals surface area contributed by atoms with Crippen LogP contribution in [-0.2, 0) is 14.3 Å². The Kier molecular flexibility index (Phi) is 9.97. The average molecular weight is 470 g/mol. The lowest BCUT2D eigenvalue weighted by Crippen LogP contribution is -2.37. The lowest BCUT2D eigenvalue weighted by atomic mass is 10.0. The van der Waals surface area contributed by atoms with Gasteiger partial charge in [0.1, 0.15) is 0 Å². The van der Waals surface area contributed by atoms with Crippen LogP contribution in [0.4, 0.5) is 16.2 Å². The van der Waals surface area contributed by atoms with Gasteiger partial charge in [-0.15, -0.1) is 0 Å². The lowest BCUT2D eigenvalue weighted by Gasteiger charge is -2.19. The number of hydrogen-bond acceptors (Lipinski definition) is 8. The van der Waals surface area contributed by atoms with Crippen molar-refractivity contribution in [1.82, 2.24) is 10.6 Å². The number of amides is 3. The number of nitrogens with two attached hydrogens (primary N) is 1. The van der Waals surface area contributed by atoms with Gasteiger partial charge in [0.05, 0.1) is 42.2 Å². The van der Waals surface area contributed by atoms with Gasteiger partial charge in [0, 0.05) is 18.3 Å². The molecule has 0 aliphatic rings. The van der Waals surface area contributed by atoms with Crippen LogP contribution in [0, 0.1) is 10.1 Å². The summed E-state index contributed by atoms with van der Waals surface area (Å²) in [6.45, 7) is 1.94. The predicted octanol–water partition coefficient (Wildman–Crippen LogP) is 2.21. The third-order valence-electron chi connectivity index (χ3n) is 4.55. The van der Waals surface area contributed by atoms with Crippen LogP contribution in [0.15, 0.2) is 53.6 Å². The number of nitrogens with one attached hydrogen (secondary N) is 3. The highest BCUT2D eigenvalue weighted by atomic mass is 16.6. The van der Waals surface area contributed by atoms with Crippen molar-refractivity contribution >= 4 is 35.5 Å². The zero-order chi connectivity index (χ0) is 24.9. The molecule has 2 rings (SSSR count). The van der Waals surface area contributed by atoms with E-state index in [2.05, 4.69) is 21.1 Å². The molecule has 0 aliphatic carbocycles. The molecule has 1 atom stereocenters. The van der Waals surface area contributed by atoms with Gasteiger partial charge >= 0.3 is 12.0 Å². The number of nitrogens with zero attached hydrogens (tertiary/aromatic N) is 2. The number of nitro groups is 1. The zero-order valence-electron chi connectivity index (χ0n) is 18.5. The molecule has 34 heavy (non-hydrogen) atoms. The van der Waals surface area contributed by atoms with Gasteiger partial charge in [-0.2, -0.15) is 5.10 Å². The monoisotopic (exact) mass is 470 g/mol. The van der Waals surface area contributed by atoms with Crippen LogP contribution in [0.3, 0.4) is 0 Å². The van der Waals surface area contributed by atoms with Gasteiger partial charge in [0.2, 0.25) is 5.91 Å². The molecule has 5 N–H and O–H groups in total. The van der Waals surface area contributed by atoms with Crippen LogP contribution in [0.1, 0.15) is 36.9 Å². The first-order chi connectivity index (χ1) is 16.3. The van der Waals surface area contributed by atoms with Crippen molar-refractivity contribution in [3.05, 3.63) is 69.8 Å². The van der Waals surface area contributed by atoms with E-state index in [0.717, 1.165) is 5.56 Å². The minimum Gasteiger partial charge on any atom is -0.466 e. The summed E-state index contributed by atoms with van der Waals surface area (Å²) in [6, 6.07) is 10.8. The molecule has 2 aromatic rings. The van der Waals surface area contributed by atoms with E-state index < -0.39 is 28.9 Å². The van der Waals surface area contributed by atoms with Crippen LogP contribution in [0.25, 0.3) is 0 Å². The molecular weight excluding hydrogens is 444 g/mol. The zero-order valence-corrected chi connectivity index (χ0v) is 18.5. The Hall–Kier alpha value is -4.48. The van der Waals surface area contributed by atoms with Gasteiger partial charge in [-0.3, -0.25) is 19.7 Å². The molecule has 0 aliphatic heterocycles. The van der Waals surface area contributed by atoms with Crippen LogP contribution >= 0.6 is 0 Å². The van der Waals surface area contributed by atoms with Crippen molar-refractivity contribution in [2.45, 2.75) is 25.8 Å². The highest BCUT2D eigenvalue weighted by Gasteiger charge is 2.25. The van der Waals surface area contributed by atoms with Gasteiger partial charge in [-0.1, -0.05) is 30.3 Å². The summed E-state index contributed by atoms with van der Waals surface area (Å²) in [7, 11) is 0. The molecule has 0 spiro atoms. The molecule has 0 radical (unpaired) electrons. The van der Waals surface area contributed by atoms with Crippen molar-refractivity contribution in [3.63, 3.8) is 0 Å². The number of hydrazone groups is 1. The van der Waals surface area contributed by atoms with Gasteiger partial charge in [0.25, 0.3) is 5.69 Å². The molecule has 12 heteroatoms. The molecule has 12 nitrogen and oxygen atoms in total. The summed E-state index contributed by atoms with van der Waals surface area (Å²) in [5, 5.41) is 22.7. The Labute approximate surface area is 195 Å². The summed E-state index contributed by atoms with van der Waals surface area (Å²) in [4.78, 5) is 47.4. The average Bonchev–Trinajstić information content (AvgIpc) is 2.80. The molecule has 0 heterocycles. The Bertz CT molecular complexity index is 1040. The van der Waals surface area contributed by atoms with E-state index in [4.69, 9.17) is 10.6 Å². The second-order valence-corrected chi connectivity index (χ2v) is 6.98. The minimum atomic E-state index is -1.01. The normalized spacial score (nSPS) is 11.4. The van der Waals surface area contributed by atoms with E-state index in [1.165, 1.54) is 24.4 Å². The Morgan fingerprint density at radius 2 is 1.88 bits per heavy atom. The van der Waals surface area contributed by atoms with Gasteiger partial charge in [-0.05, 0) is 24.6 Å². The fourth-order valence-corrected chi connectivity index (χ4v) is 3.05. The lowest BCUT2D eigenvalue weighted by molar-refractivity contribution is -0.385. The highest BCUT2D eigenvalue weighted by molar-refractivity contribution is 5.91. The van der Waals surface area contributed by atoms with E-state index in [-0.39, 0.29) is 37.2 Å². The SMILES string of the molecule is CCOC(=O)CCNC(=O)CC(NC(=O)Nc1ccc(C=NN)cc1)c1ccccc1[N+](=O)[O-]. The Morgan fingerprint density at radius 3 is 2.53 bits per heavy atom. The third kappa shape index (κ3) is 8.22. The topological polar surface area (TPSA) is 178 Å². The first-order valence-electron chi connectivity index (χ1n) is 10.4. The molecule has 180 valence electrons. The number of esters is 1. The molecule has 0 saturated carbocycles. The predicted molar refractivity (Wildman–Crippen MR) is 125 cm³/mol. The Morgan fingerprint density at radius 1 is 1.18 bits per heavy atom. The molecule has 0 bridgehead atoms. The van der Waals surface area contributed by atoms with Crippen molar-refractivity contribution < 1.29 is 24.0 Å². The first-order valence-corrected chi connectivity index (χ1v) is 10.4. The maximum atomic E-state index is 12.6. The smallest absolute Gasteiger partial charge is 0.319 e. The summed E-state index contributed by atoms with van der Waals surface area (Å²) < 4.78 is 4.80. The summed E-state index contributed by atoms with van der Waals surface area (Å²) in [6.07, 6.45) is 1.14. The van der Waals surface area contributed by atoms with Crippen LogP contribution in [0.2, 0.25) is 0 Å². The largest absolute Gasteiger partial charge is 0.466 e. The second-order valence-electron chi connectivity index (χ2n) is 6.98. The summed E-state index contributed by atoms with van der Waals surface area (Å²) in [5.74, 6) is 4.15. The quantitative estimate of drug-likeness (QED) is 0.128. The number of ether oxygens (including phenoxy) is 1. The number of benzene rings is 2. The number of hydrogen-bond donors (Lipinski definition) is 4. The molecule has 1 unspecified atom stereocenters. The number of anilines is 1. The number of urea groups is 1. The standard InChI is InChI=1S/C22H26N6O6/c1-2-34-21(30)11-12-24-20(29)13-18(17-5-3-4-6-19(17)28(32)33)27-22(31)26-16-9-7-15(8-10-16)14-25-23/h3-10,14,18H,2,11-13,23H2,1H3,(H,24,29)(H2,26,27,31). The minimum absolute atomic E-state index is 0.0193. The molecule has 0 saturated heterocycles. The van der Waals surface area contributed by atoms with Crippen LogP contribution in [0.5, 0.6) is 0 Å². The van der Waals surface area contributed by atoms with E-state index in [9.17, 15) is 24.5 Å². The van der Waals surface area contributed by atoms with Crippen molar-refractivity contribution in [2.24, 2.45) is 10.9 Å². The van der Waals surface area contributed by atoms with E-state index in [1.54, 1.807) is 37.3 Å². The number of nitro benzene ring substituents is 1. The number of carbonyl (C=O) groups excluding carboxylic acids is 3. The molecule has 2 aromatic carbocycles. The summed E-state index contributed by atoms with van der Waals surface area (Å²) in [5.41, 5.74) is 1.10. The Balaban J connectivity index is 2.12. The van der Waals surface area contributed by atoms with Crippen molar-refractivity contribution in [1.29, 1.82) is 0 Å². The van der Waals surface area contributed by atoms with Crippen molar-refractivity contribution in [3.8, 4) is 0 Å². The third-order valence-corrected chi connectivity index (χ3v) is 4.55. The molecular formula is C22H26N6O6. The van der Waals surface area contributed by atoms with Crippen LogP contribution < -0.4 is 21.8 Å². The molecule has 3 amide bonds. The fraction of sp³-hybridized carbons (Fsp3) is 0.273. The van der Waals surface area contributed by atoms with Crippen molar-refractivity contribution in [2.75, 3.05) is 18.5 Å². The first kappa shape index (κ1) is 25.8. The summed E-state index contributed by atoms with van der Waals surface area (Å²) >= 11 is 0. The maximum Gasteiger partial charge on any atom is 0.319 e. The van der Waals surface area contributed by atoms with E-state index >= 15 is 0 Å². The number of para-hydroxylation sites is 1. The number of rotatable bonds is 11. The highest BCUT2D eigenvalue weighted by Crippen LogP contribution is 2.27. The fourth-order valence-electron chi connectivity index (χ4n) is 3.05. The van der Waals surface area contributed by atoms with Gasteiger partial charge < -0.3 is 26.5 Å². The van der Waals surface area contributed by atoms with Gasteiger partial charge in [-0.25, -0.2) is 4.79 Å².